The summed E-state index contributed by atoms with van der Waals surface area (Å²) in [6.45, 7) is 4.97. The second-order valence-corrected chi connectivity index (χ2v) is 8.29. The highest BCUT2D eigenvalue weighted by Crippen LogP contribution is 2.13. The van der Waals surface area contributed by atoms with Gasteiger partial charge in [0, 0.05) is 6.54 Å². The summed E-state index contributed by atoms with van der Waals surface area (Å²) in [5, 5.41) is 5.76. The number of hydrogen-bond donors (Lipinski definition) is 3. The minimum Gasteiger partial charge on any atom is -0.338 e. The Morgan fingerprint density at radius 2 is 1.25 bits per heavy atom. The van der Waals surface area contributed by atoms with E-state index in [9.17, 15) is 4.79 Å². The number of carbonyl (C=O) groups is 1. The second-order valence-electron chi connectivity index (χ2n) is 6.74. The van der Waals surface area contributed by atoms with E-state index in [0.717, 1.165) is 13.0 Å². The van der Waals surface area contributed by atoms with Crippen LogP contribution in [0, 0.1) is 0 Å². The molecule has 0 aliphatic rings. The third-order valence-electron chi connectivity index (χ3n) is 4.31. The molecule has 2 N–H and O–H groups in total. The molecule has 0 heterocycles. The minimum absolute atomic E-state index is 0.0460. The zero-order valence-corrected chi connectivity index (χ0v) is 17.7. The summed E-state index contributed by atoms with van der Waals surface area (Å²) in [4.78, 5) is 11.5. The van der Waals surface area contributed by atoms with Crippen LogP contribution in [-0.4, -0.2) is 17.9 Å². The van der Waals surface area contributed by atoms with Gasteiger partial charge in [-0.1, -0.05) is 101 Å². The van der Waals surface area contributed by atoms with Crippen LogP contribution >= 0.6 is 22.5 Å². The van der Waals surface area contributed by atoms with Gasteiger partial charge in [0.15, 0.2) is 0 Å². The zero-order valence-electron chi connectivity index (χ0n) is 15.9. The van der Waals surface area contributed by atoms with Gasteiger partial charge in [0.05, 0.1) is 5.37 Å². The van der Waals surface area contributed by atoms with Crippen LogP contribution in [0.4, 0.5) is 4.79 Å². The van der Waals surface area contributed by atoms with Crippen LogP contribution in [0.1, 0.15) is 104 Å². The quantitative estimate of drug-likeness (QED) is 0.114. The molecule has 3 nitrogen and oxygen atoms in total. The van der Waals surface area contributed by atoms with Gasteiger partial charge in [0.2, 0.25) is 0 Å². The average Bonchev–Trinajstić information content (AvgIpc) is 2.58. The maximum absolute atomic E-state index is 11.5. The Balaban J connectivity index is 3.11. The van der Waals surface area contributed by atoms with Crippen LogP contribution in [0.3, 0.4) is 0 Å². The molecule has 24 heavy (non-hydrogen) atoms. The van der Waals surface area contributed by atoms with Gasteiger partial charge in [-0.25, -0.2) is 4.79 Å². The number of rotatable bonds is 17. The van der Waals surface area contributed by atoms with Gasteiger partial charge < -0.3 is 10.6 Å². The largest absolute Gasteiger partial charge is 0.338 e. The highest BCUT2D eigenvalue weighted by atomic mass is 33.1. The van der Waals surface area contributed by atoms with Gasteiger partial charge in [0.1, 0.15) is 0 Å². The number of urea groups is 1. The van der Waals surface area contributed by atoms with Crippen molar-refractivity contribution in [2.75, 3.05) is 6.54 Å². The maximum atomic E-state index is 11.5. The molecule has 0 rings (SSSR count). The zero-order chi connectivity index (χ0) is 17.9. The first-order valence-corrected chi connectivity index (χ1v) is 12.0. The van der Waals surface area contributed by atoms with Crippen molar-refractivity contribution in [1.82, 2.24) is 10.6 Å². The van der Waals surface area contributed by atoms with Gasteiger partial charge in [-0.2, -0.15) is 0 Å². The number of nitrogens with one attached hydrogen (secondary N) is 2. The van der Waals surface area contributed by atoms with Crippen molar-refractivity contribution in [3.63, 3.8) is 0 Å². The molecular formula is C19H40N2OS2. The summed E-state index contributed by atoms with van der Waals surface area (Å²) >= 11 is 4.07. The number of thiol groups is 1. The number of carbonyl (C=O) groups excluding carboxylic acids is 1. The molecule has 1 atom stereocenters. The van der Waals surface area contributed by atoms with Crippen molar-refractivity contribution in [2.24, 2.45) is 0 Å². The molecule has 0 aromatic heterocycles. The van der Waals surface area contributed by atoms with Crippen molar-refractivity contribution in [3.8, 4) is 0 Å². The molecule has 1 unspecified atom stereocenters. The average molecular weight is 377 g/mol. The molecule has 144 valence electrons. The minimum atomic E-state index is -0.0845. The fourth-order valence-corrected chi connectivity index (χ4v) is 3.10. The van der Waals surface area contributed by atoms with Crippen LogP contribution in [0.15, 0.2) is 0 Å². The van der Waals surface area contributed by atoms with Crippen molar-refractivity contribution < 1.29 is 4.79 Å². The summed E-state index contributed by atoms with van der Waals surface area (Å²) in [5.74, 6) is 0. The molecule has 0 saturated heterocycles. The Morgan fingerprint density at radius 3 is 1.67 bits per heavy atom. The summed E-state index contributed by atoms with van der Waals surface area (Å²) in [7, 11) is 1.34. The lowest BCUT2D eigenvalue weighted by atomic mass is 10.0. The maximum Gasteiger partial charge on any atom is 0.315 e. The summed E-state index contributed by atoms with van der Waals surface area (Å²) < 4.78 is 0. The molecule has 0 fully saturated rings. The van der Waals surface area contributed by atoms with Gasteiger partial charge in [-0.3, -0.25) is 0 Å². The summed E-state index contributed by atoms with van der Waals surface area (Å²) in [6, 6.07) is -0.0845. The first kappa shape index (κ1) is 24.0. The third-order valence-corrected chi connectivity index (χ3v) is 5.69. The molecule has 0 spiro atoms. The first-order chi connectivity index (χ1) is 11.7. The van der Waals surface area contributed by atoms with E-state index < -0.39 is 0 Å². The molecule has 0 bridgehead atoms. The molecule has 0 aromatic carbocycles. The van der Waals surface area contributed by atoms with E-state index >= 15 is 0 Å². The van der Waals surface area contributed by atoms with Crippen molar-refractivity contribution in [2.45, 2.75) is 109 Å². The Kier molecular flexibility index (Phi) is 19.3. The Bertz CT molecular complexity index is 278. The van der Waals surface area contributed by atoms with Crippen LogP contribution < -0.4 is 10.6 Å². The van der Waals surface area contributed by atoms with E-state index in [1.165, 1.54) is 94.3 Å². The van der Waals surface area contributed by atoms with Gasteiger partial charge >= 0.3 is 6.03 Å². The van der Waals surface area contributed by atoms with Crippen molar-refractivity contribution in [1.29, 1.82) is 0 Å². The van der Waals surface area contributed by atoms with E-state index in [4.69, 9.17) is 0 Å². The molecule has 0 aromatic rings. The SMILES string of the molecule is CCCCCCCCCCCCCCCCNC(=O)NC(C)SS. The molecule has 2 amide bonds. The smallest absolute Gasteiger partial charge is 0.315 e. The van der Waals surface area contributed by atoms with Gasteiger partial charge in [0.25, 0.3) is 0 Å². The van der Waals surface area contributed by atoms with Crippen molar-refractivity contribution >= 4 is 28.5 Å². The molecule has 0 aliphatic carbocycles. The van der Waals surface area contributed by atoms with Crippen LogP contribution in [-0.2, 0) is 0 Å². The van der Waals surface area contributed by atoms with E-state index in [2.05, 4.69) is 29.2 Å². The number of unbranched alkanes of at least 4 members (excludes halogenated alkanes) is 13. The van der Waals surface area contributed by atoms with Crippen LogP contribution in [0.5, 0.6) is 0 Å². The third kappa shape index (κ3) is 18.3. The second kappa shape index (κ2) is 19.3. The lowest BCUT2D eigenvalue weighted by molar-refractivity contribution is 0.240. The van der Waals surface area contributed by atoms with Crippen LogP contribution in [0.25, 0.3) is 0 Å². The number of hydrogen-bond acceptors (Lipinski definition) is 3. The standard InChI is InChI=1S/C19H40N2OS2/c1-3-4-5-6-7-8-9-10-11-12-13-14-15-16-17-20-19(22)21-18(2)24-23/h18,23H,3-17H2,1-2H3,(H2,20,21,22). The molecule has 5 heteroatoms. The fraction of sp³-hybridized carbons (Fsp3) is 0.947. The molecule has 0 aliphatic heterocycles. The number of amides is 2. The normalized spacial score (nSPS) is 12.1. The highest BCUT2D eigenvalue weighted by molar-refractivity contribution is 8.68. The van der Waals surface area contributed by atoms with E-state index in [1.807, 2.05) is 6.92 Å². The van der Waals surface area contributed by atoms with Crippen LogP contribution in [0.2, 0.25) is 0 Å². The predicted molar refractivity (Wildman–Crippen MR) is 113 cm³/mol. The fourth-order valence-electron chi connectivity index (χ4n) is 2.78. The summed E-state index contributed by atoms with van der Waals surface area (Å²) in [5.41, 5.74) is 0. The Hall–Kier alpha value is -0.0300. The van der Waals surface area contributed by atoms with Gasteiger partial charge in [-0.15, -0.1) is 11.7 Å². The monoisotopic (exact) mass is 376 g/mol. The highest BCUT2D eigenvalue weighted by Gasteiger charge is 2.04. The van der Waals surface area contributed by atoms with E-state index in [0.29, 0.717) is 0 Å². The Morgan fingerprint density at radius 1 is 0.833 bits per heavy atom. The lowest BCUT2D eigenvalue weighted by Gasteiger charge is -2.11. The van der Waals surface area contributed by atoms with E-state index in [1.54, 1.807) is 0 Å². The topological polar surface area (TPSA) is 41.1 Å². The summed E-state index contributed by atoms with van der Waals surface area (Å²) in [6.07, 6.45) is 19.0. The first-order valence-electron chi connectivity index (χ1n) is 10.0. The molecular weight excluding hydrogens is 336 g/mol. The molecule has 0 saturated carbocycles. The predicted octanol–water partition coefficient (Wildman–Crippen LogP) is 6.69. The lowest BCUT2D eigenvalue weighted by Crippen LogP contribution is -2.39. The van der Waals surface area contributed by atoms with Crippen molar-refractivity contribution in [3.05, 3.63) is 0 Å². The van der Waals surface area contributed by atoms with E-state index in [-0.39, 0.29) is 11.4 Å². The Labute approximate surface area is 159 Å². The molecule has 0 radical (unpaired) electrons. The van der Waals surface area contributed by atoms with Gasteiger partial charge in [-0.05, 0) is 13.3 Å².